The van der Waals surface area contributed by atoms with Gasteiger partial charge in [-0.15, -0.1) is 11.3 Å². The zero-order chi connectivity index (χ0) is 13.7. The maximum absolute atomic E-state index is 13.5. The third-order valence-electron chi connectivity index (χ3n) is 2.24. The van der Waals surface area contributed by atoms with Crippen LogP contribution in [-0.2, 0) is 10.5 Å². The molecule has 0 saturated carbocycles. The number of hydrogen-bond donors (Lipinski definition) is 1. The molecule has 0 bridgehead atoms. The van der Waals surface area contributed by atoms with Gasteiger partial charge in [-0.25, -0.2) is 14.2 Å². The second-order valence-corrected chi connectivity index (χ2v) is 5.73. The highest BCUT2D eigenvalue weighted by Crippen LogP contribution is 2.25. The minimum Gasteiger partial charge on any atom is -0.478 e. The Balaban J connectivity index is 2.09. The molecule has 1 aromatic carbocycles. The van der Waals surface area contributed by atoms with Crippen molar-refractivity contribution in [2.75, 3.05) is 0 Å². The highest BCUT2D eigenvalue weighted by atomic mass is 32.2. The summed E-state index contributed by atoms with van der Waals surface area (Å²) in [6, 6.07) is 4.68. The predicted molar refractivity (Wildman–Crippen MR) is 74.7 cm³/mol. The zero-order valence-electron chi connectivity index (χ0n) is 9.75. The predicted octanol–water partition coefficient (Wildman–Crippen LogP) is 3.67. The highest BCUT2D eigenvalue weighted by Gasteiger charge is 2.03. The molecule has 3 nitrogen and oxygen atoms in total. The number of carbonyl (C=O) groups is 1. The maximum Gasteiger partial charge on any atom is 0.328 e. The van der Waals surface area contributed by atoms with Crippen molar-refractivity contribution in [3.63, 3.8) is 0 Å². The number of aliphatic carboxylic acids is 1. The number of rotatable bonds is 5. The van der Waals surface area contributed by atoms with Gasteiger partial charge in [-0.05, 0) is 23.8 Å². The summed E-state index contributed by atoms with van der Waals surface area (Å²) in [5.41, 5.74) is 1.20. The van der Waals surface area contributed by atoms with Crippen molar-refractivity contribution in [3.05, 3.63) is 52.8 Å². The van der Waals surface area contributed by atoms with E-state index in [-0.39, 0.29) is 5.56 Å². The Hall–Kier alpha value is -1.66. The molecule has 0 aliphatic heterocycles. The second kappa shape index (κ2) is 6.49. The topological polar surface area (TPSA) is 50.2 Å². The fourth-order valence-electron chi connectivity index (χ4n) is 1.40. The number of carboxylic acid groups (broad SMARTS) is 1. The van der Waals surface area contributed by atoms with Crippen LogP contribution in [0.3, 0.4) is 0 Å². The molecule has 1 N–H and O–H groups in total. The summed E-state index contributed by atoms with van der Waals surface area (Å²) in [7, 11) is 0. The van der Waals surface area contributed by atoms with E-state index in [1.165, 1.54) is 12.1 Å². The van der Waals surface area contributed by atoms with Crippen LogP contribution in [0.25, 0.3) is 6.08 Å². The SMILES string of the molecule is O=C(O)/C=C/c1cc(CSc2nccs2)ccc1F. The van der Waals surface area contributed by atoms with E-state index in [1.54, 1.807) is 41.4 Å². The van der Waals surface area contributed by atoms with Crippen molar-refractivity contribution < 1.29 is 14.3 Å². The van der Waals surface area contributed by atoms with E-state index >= 15 is 0 Å². The summed E-state index contributed by atoms with van der Waals surface area (Å²) < 4.78 is 14.4. The fourth-order valence-corrected chi connectivity index (χ4v) is 2.98. The molecule has 0 unspecified atom stereocenters. The van der Waals surface area contributed by atoms with E-state index in [4.69, 9.17) is 5.11 Å². The van der Waals surface area contributed by atoms with E-state index in [0.29, 0.717) is 5.75 Å². The first kappa shape index (κ1) is 13.8. The molecule has 0 aliphatic rings. The Morgan fingerprint density at radius 2 is 2.37 bits per heavy atom. The van der Waals surface area contributed by atoms with Gasteiger partial charge in [-0.3, -0.25) is 0 Å². The molecule has 0 amide bonds. The molecule has 6 heteroatoms. The van der Waals surface area contributed by atoms with E-state index in [0.717, 1.165) is 16.0 Å². The van der Waals surface area contributed by atoms with Crippen molar-refractivity contribution >= 4 is 35.1 Å². The number of hydrogen-bond acceptors (Lipinski definition) is 4. The van der Waals surface area contributed by atoms with Gasteiger partial charge in [0.2, 0.25) is 0 Å². The fraction of sp³-hybridized carbons (Fsp3) is 0.0769. The maximum atomic E-state index is 13.5. The van der Waals surface area contributed by atoms with Gasteiger partial charge in [0, 0.05) is 29.0 Å². The average Bonchev–Trinajstić information content (AvgIpc) is 2.89. The second-order valence-electron chi connectivity index (χ2n) is 3.61. The molecule has 0 aliphatic carbocycles. The molecule has 1 heterocycles. The largest absolute Gasteiger partial charge is 0.478 e. The number of carboxylic acids is 1. The number of thioether (sulfide) groups is 1. The van der Waals surface area contributed by atoms with Crippen molar-refractivity contribution in [1.82, 2.24) is 4.98 Å². The number of halogens is 1. The van der Waals surface area contributed by atoms with E-state index < -0.39 is 11.8 Å². The first-order chi connectivity index (χ1) is 9.15. The molecule has 2 aromatic rings. The summed E-state index contributed by atoms with van der Waals surface area (Å²) in [5, 5.41) is 10.4. The Kier molecular flexibility index (Phi) is 4.70. The molecular formula is C13H10FNO2S2. The average molecular weight is 295 g/mol. The molecule has 0 saturated heterocycles. The van der Waals surface area contributed by atoms with Crippen LogP contribution in [-0.4, -0.2) is 16.1 Å². The van der Waals surface area contributed by atoms with Gasteiger partial charge in [-0.2, -0.15) is 0 Å². The van der Waals surface area contributed by atoms with Crippen molar-refractivity contribution in [3.8, 4) is 0 Å². The van der Waals surface area contributed by atoms with Crippen LogP contribution in [0.5, 0.6) is 0 Å². The third kappa shape index (κ3) is 4.18. The van der Waals surface area contributed by atoms with E-state index in [9.17, 15) is 9.18 Å². The lowest BCUT2D eigenvalue weighted by molar-refractivity contribution is -0.131. The van der Waals surface area contributed by atoms with E-state index in [2.05, 4.69) is 4.98 Å². The monoisotopic (exact) mass is 295 g/mol. The molecule has 0 atom stereocenters. The lowest BCUT2D eigenvalue weighted by Gasteiger charge is -2.02. The number of thiazole rings is 1. The van der Waals surface area contributed by atoms with Gasteiger partial charge >= 0.3 is 5.97 Å². The molecule has 19 heavy (non-hydrogen) atoms. The summed E-state index contributed by atoms with van der Waals surface area (Å²) >= 11 is 3.11. The Morgan fingerprint density at radius 3 is 3.05 bits per heavy atom. The molecular weight excluding hydrogens is 285 g/mol. The zero-order valence-corrected chi connectivity index (χ0v) is 11.4. The Bertz CT molecular complexity index is 597. The molecule has 0 fully saturated rings. The lowest BCUT2D eigenvalue weighted by Crippen LogP contribution is -1.90. The summed E-state index contributed by atoms with van der Waals surface area (Å²) in [4.78, 5) is 14.6. The molecule has 98 valence electrons. The lowest BCUT2D eigenvalue weighted by atomic mass is 10.1. The number of aromatic nitrogens is 1. The normalized spacial score (nSPS) is 11.0. The first-order valence-corrected chi connectivity index (χ1v) is 7.23. The van der Waals surface area contributed by atoms with Crippen LogP contribution in [0, 0.1) is 5.82 Å². The third-order valence-corrected chi connectivity index (χ3v) is 4.27. The number of nitrogens with zero attached hydrogens (tertiary/aromatic N) is 1. The first-order valence-electron chi connectivity index (χ1n) is 5.37. The van der Waals surface area contributed by atoms with Gasteiger partial charge < -0.3 is 5.11 Å². The quantitative estimate of drug-likeness (QED) is 0.675. The van der Waals surface area contributed by atoms with Crippen molar-refractivity contribution in [1.29, 1.82) is 0 Å². The van der Waals surface area contributed by atoms with Gasteiger partial charge in [-0.1, -0.05) is 17.8 Å². The highest BCUT2D eigenvalue weighted by molar-refractivity contribution is 8.00. The van der Waals surface area contributed by atoms with Crippen LogP contribution < -0.4 is 0 Å². The minimum atomic E-state index is -1.10. The standard InChI is InChI=1S/C13H10FNO2S2/c14-11-3-1-9(7-10(11)2-4-12(16)17)8-19-13-15-5-6-18-13/h1-7H,8H2,(H,16,17)/b4-2+. The van der Waals surface area contributed by atoms with Gasteiger partial charge in [0.1, 0.15) is 10.2 Å². The van der Waals surface area contributed by atoms with E-state index in [1.807, 2.05) is 5.38 Å². The van der Waals surface area contributed by atoms with Crippen molar-refractivity contribution in [2.45, 2.75) is 10.1 Å². The van der Waals surface area contributed by atoms with Crippen LogP contribution in [0.2, 0.25) is 0 Å². The van der Waals surface area contributed by atoms with Crippen LogP contribution >= 0.6 is 23.1 Å². The van der Waals surface area contributed by atoms with Crippen LogP contribution in [0.4, 0.5) is 4.39 Å². The molecule has 0 spiro atoms. The van der Waals surface area contributed by atoms with Crippen molar-refractivity contribution in [2.24, 2.45) is 0 Å². The van der Waals surface area contributed by atoms with Crippen LogP contribution in [0.1, 0.15) is 11.1 Å². The summed E-state index contributed by atoms with van der Waals surface area (Å²) in [6.45, 7) is 0. The minimum absolute atomic E-state index is 0.277. The van der Waals surface area contributed by atoms with Gasteiger partial charge in [0.05, 0.1) is 0 Å². The smallest absolute Gasteiger partial charge is 0.328 e. The number of benzene rings is 1. The summed E-state index contributed by atoms with van der Waals surface area (Å²) in [5.74, 6) is -0.857. The molecule has 2 rings (SSSR count). The molecule has 1 aromatic heterocycles. The van der Waals surface area contributed by atoms with Gasteiger partial charge in [0.25, 0.3) is 0 Å². The Labute approximate surface area is 117 Å². The Morgan fingerprint density at radius 1 is 1.53 bits per heavy atom. The van der Waals surface area contributed by atoms with Crippen LogP contribution in [0.15, 0.2) is 40.2 Å². The molecule has 0 radical (unpaired) electrons. The van der Waals surface area contributed by atoms with Gasteiger partial charge in [0.15, 0.2) is 0 Å². The summed E-state index contributed by atoms with van der Waals surface area (Å²) in [6.07, 6.45) is 3.92.